The summed E-state index contributed by atoms with van der Waals surface area (Å²) >= 11 is 5.53. The summed E-state index contributed by atoms with van der Waals surface area (Å²) in [5, 5.41) is 0. The van der Waals surface area contributed by atoms with Crippen LogP contribution in [0.25, 0.3) is 0 Å². The second-order valence-corrected chi connectivity index (χ2v) is 6.73. The lowest BCUT2D eigenvalue weighted by Gasteiger charge is -2.19. The van der Waals surface area contributed by atoms with Gasteiger partial charge in [0.1, 0.15) is 5.60 Å². The molecule has 0 amide bonds. The Balaban J connectivity index is 2.71. The quantitative estimate of drug-likeness (QED) is 0.695. The molecule has 0 aliphatic carbocycles. The van der Waals surface area contributed by atoms with E-state index in [-0.39, 0.29) is 0 Å². The average Bonchev–Trinajstić information content (AvgIpc) is 2.14. The van der Waals surface area contributed by atoms with E-state index in [4.69, 9.17) is 20.5 Å². The van der Waals surface area contributed by atoms with Crippen LogP contribution in [0.5, 0.6) is 0 Å². The molecule has 0 fully saturated rings. The fourth-order valence-electron chi connectivity index (χ4n) is 1.02. The highest BCUT2D eigenvalue weighted by Gasteiger charge is 2.44. The molecule has 0 N–H and O–H groups in total. The minimum Gasteiger partial charge on any atom is -0.478 e. The van der Waals surface area contributed by atoms with Crippen LogP contribution in [0.1, 0.15) is 27.7 Å². The van der Waals surface area contributed by atoms with Crippen LogP contribution in [-0.2, 0) is 13.8 Å². The molecule has 0 saturated carbocycles. The lowest BCUT2D eigenvalue weighted by molar-refractivity contribution is 0.150. The molecule has 0 aromatic rings. The van der Waals surface area contributed by atoms with Gasteiger partial charge in [0.2, 0.25) is 5.90 Å². The van der Waals surface area contributed by atoms with Crippen molar-refractivity contribution in [3.8, 4) is 0 Å². The first-order valence-corrected chi connectivity index (χ1v) is 6.95. The molecule has 0 aromatic carbocycles. The molecular weight excluding hydrogens is 225 g/mol. The Kier molecular flexibility index (Phi) is 3.30. The Bertz CT molecular complexity index is 301. The first-order chi connectivity index (χ1) is 6.23. The maximum Gasteiger partial charge on any atom is 0.410 e. The van der Waals surface area contributed by atoms with Crippen LogP contribution in [-0.4, -0.2) is 18.1 Å². The van der Waals surface area contributed by atoms with Gasteiger partial charge in [0.05, 0.1) is 6.61 Å². The zero-order valence-corrected chi connectivity index (χ0v) is 10.4. The average molecular weight is 240 g/mol. The van der Waals surface area contributed by atoms with E-state index in [1.54, 1.807) is 13.8 Å². The Hall–Kier alpha value is -0.0500. The third-order valence-corrected chi connectivity index (χ3v) is 3.16. The highest BCUT2D eigenvalue weighted by atomic mass is 35.7. The van der Waals surface area contributed by atoms with Gasteiger partial charge in [-0.3, -0.25) is 4.52 Å². The summed E-state index contributed by atoms with van der Waals surface area (Å²) in [6.07, 6.45) is 0. The molecule has 1 rings (SSSR count). The number of ether oxygens (including phenoxy) is 1. The van der Waals surface area contributed by atoms with Crippen molar-refractivity contribution in [2.45, 2.75) is 33.3 Å². The fraction of sp³-hybridized carbons (Fsp3) is 0.875. The minimum absolute atomic E-state index is 0.324. The number of rotatable bonds is 2. The van der Waals surface area contributed by atoms with E-state index < -0.39 is 12.5 Å². The summed E-state index contributed by atoms with van der Waals surface area (Å²) in [7, 11) is 0. The lowest BCUT2D eigenvalue weighted by Crippen LogP contribution is -2.32. The van der Waals surface area contributed by atoms with Crippen molar-refractivity contribution in [2.24, 2.45) is 10.7 Å². The molecule has 14 heavy (non-hydrogen) atoms. The number of halogens is 1. The summed E-state index contributed by atoms with van der Waals surface area (Å²) in [5.74, 6) is 0.702. The Morgan fingerprint density at radius 2 is 2.21 bits per heavy atom. The van der Waals surface area contributed by atoms with Crippen LogP contribution in [0.4, 0.5) is 0 Å². The zero-order valence-electron chi connectivity index (χ0n) is 8.78. The monoisotopic (exact) mass is 239 g/mol. The van der Waals surface area contributed by atoms with Crippen LogP contribution in [0.3, 0.4) is 0 Å². The van der Waals surface area contributed by atoms with Crippen molar-refractivity contribution >= 4 is 24.0 Å². The molecule has 1 atom stereocenters. The van der Waals surface area contributed by atoms with Crippen LogP contribution >= 0.6 is 18.1 Å². The maximum atomic E-state index is 11.4. The fourth-order valence-corrected chi connectivity index (χ4v) is 2.94. The molecule has 4 nitrogen and oxygen atoms in total. The van der Waals surface area contributed by atoms with E-state index in [1.807, 2.05) is 13.8 Å². The van der Waals surface area contributed by atoms with Crippen molar-refractivity contribution in [3.05, 3.63) is 0 Å². The van der Waals surface area contributed by atoms with Crippen LogP contribution < -0.4 is 0 Å². The normalized spacial score (nSPS) is 30.6. The summed E-state index contributed by atoms with van der Waals surface area (Å²) < 4.78 is 25.6. The minimum atomic E-state index is -3.35. The first-order valence-electron chi connectivity index (χ1n) is 4.47. The smallest absolute Gasteiger partial charge is 0.410 e. The van der Waals surface area contributed by atoms with Crippen molar-refractivity contribution in [1.29, 1.82) is 0 Å². The van der Waals surface area contributed by atoms with Gasteiger partial charge in [-0.15, -0.1) is 0 Å². The van der Waals surface area contributed by atoms with E-state index in [0.717, 1.165) is 0 Å². The summed E-state index contributed by atoms with van der Waals surface area (Å²) in [6.45, 7) is 4.67. The lowest BCUT2D eigenvalue weighted by atomic mass is 10.1. The van der Waals surface area contributed by atoms with Crippen molar-refractivity contribution in [3.63, 3.8) is 0 Å². The van der Waals surface area contributed by atoms with Gasteiger partial charge >= 0.3 is 6.87 Å². The topological polar surface area (TPSA) is 47.9 Å². The van der Waals surface area contributed by atoms with Crippen molar-refractivity contribution in [1.82, 2.24) is 0 Å². The predicted molar refractivity (Wildman–Crippen MR) is 56.8 cm³/mol. The molecule has 0 aromatic heterocycles. The Morgan fingerprint density at radius 3 is 2.57 bits per heavy atom. The number of nitrogens with zero attached hydrogens (tertiary/aromatic N) is 1. The van der Waals surface area contributed by atoms with E-state index in [9.17, 15) is 4.57 Å². The van der Waals surface area contributed by atoms with Crippen molar-refractivity contribution in [2.75, 3.05) is 6.61 Å². The predicted octanol–water partition coefficient (Wildman–Crippen LogP) is 3.21. The van der Waals surface area contributed by atoms with Gasteiger partial charge in [-0.05, 0) is 31.0 Å². The van der Waals surface area contributed by atoms with Crippen LogP contribution in [0.2, 0.25) is 0 Å². The summed E-state index contributed by atoms with van der Waals surface area (Å²) in [4.78, 5) is 0. The second-order valence-electron chi connectivity index (χ2n) is 4.16. The zero-order chi connectivity index (χ0) is 11.0. The van der Waals surface area contributed by atoms with Gasteiger partial charge in [0.25, 0.3) is 0 Å². The van der Waals surface area contributed by atoms with Gasteiger partial charge in [-0.25, -0.2) is 4.57 Å². The molecule has 1 aliphatic rings. The van der Waals surface area contributed by atoms with Gasteiger partial charge in [0.15, 0.2) is 0 Å². The molecule has 82 valence electrons. The summed E-state index contributed by atoms with van der Waals surface area (Å²) in [5.41, 5.74) is -0.786. The molecule has 1 heterocycles. The second kappa shape index (κ2) is 3.84. The van der Waals surface area contributed by atoms with Crippen LogP contribution in [0, 0.1) is 5.92 Å². The molecular formula is C8H15ClNO3P. The molecule has 6 heteroatoms. The molecule has 0 spiro atoms. The summed E-state index contributed by atoms with van der Waals surface area (Å²) in [6, 6.07) is 0. The molecule has 1 aliphatic heterocycles. The Morgan fingerprint density at radius 1 is 1.64 bits per heavy atom. The number of hydrogen-bond acceptors (Lipinski definition) is 3. The van der Waals surface area contributed by atoms with Gasteiger partial charge < -0.3 is 4.74 Å². The third kappa shape index (κ3) is 2.97. The van der Waals surface area contributed by atoms with Gasteiger partial charge in [-0.2, -0.15) is 4.76 Å². The standard InChI is InChI=1S/C8H15ClNO3P/c1-6(2)5-12-7-8(3,4)13-14(9,11)10-7/h6H,5H2,1-4H3. The third-order valence-electron chi connectivity index (χ3n) is 1.62. The maximum absolute atomic E-state index is 11.4. The highest BCUT2D eigenvalue weighted by Crippen LogP contribution is 2.61. The van der Waals surface area contributed by atoms with E-state index in [1.165, 1.54) is 0 Å². The Labute approximate surface area is 88.9 Å². The molecule has 0 bridgehead atoms. The largest absolute Gasteiger partial charge is 0.478 e. The molecule has 0 saturated heterocycles. The van der Waals surface area contributed by atoms with Crippen molar-refractivity contribution < 1.29 is 13.8 Å². The highest BCUT2D eigenvalue weighted by molar-refractivity contribution is 7.84. The van der Waals surface area contributed by atoms with Crippen LogP contribution in [0.15, 0.2) is 4.76 Å². The van der Waals surface area contributed by atoms with E-state index >= 15 is 0 Å². The number of hydrogen-bond donors (Lipinski definition) is 0. The molecule has 0 radical (unpaired) electrons. The molecule has 1 unspecified atom stereocenters. The van der Waals surface area contributed by atoms with Gasteiger partial charge in [0, 0.05) is 0 Å². The van der Waals surface area contributed by atoms with E-state index in [2.05, 4.69) is 4.76 Å². The SMILES string of the molecule is CC(C)COC1=NP(=O)(Cl)OC1(C)C. The van der Waals surface area contributed by atoms with E-state index in [0.29, 0.717) is 18.4 Å². The first kappa shape index (κ1) is 12.0. The van der Waals surface area contributed by atoms with Gasteiger partial charge in [-0.1, -0.05) is 13.8 Å².